The molecular formula is C5H8NO2. The summed E-state index contributed by atoms with van der Waals surface area (Å²) in [5.41, 5.74) is 6.78. The van der Waals surface area contributed by atoms with Crippen LogP contribution in [0, 0.1) is 11.8 Å². The van der Waals surface area contributed by atoms with Gasteiger partial charge in [-0.1, -0.05) is 0 Å². The van der Waals surface area contributed by atoms with E-state index in [1.54, 1.807) is 0 Å². The molecule has 1 fully saturated rings. The summed E-state index contributed by atoms with van der Waals surface area (Å²) in [6.07, 6.45) is 0.721. The van der Waals surface area contributed by atoms with E-state index in [4.69, 9.17) is 10.8 Å². The minimum Gasteiger partial charge on any atom is -0.481 e. The van der Waals surface area contributed by atoms with E-state index in [0.717, 1.165) is 6.42 Å². The molecule has 0 spiro atoms. The molecule has 2 unspecified atom stereocenters. The number of aliphatic carboxylic acids is 1. The Morgan fingerprint density at radius 3 is 2.62 bits per heavy atom. The molecule has 0 aromatic heterocycles. The Balaban J connectivity index is 2.26. The summed E-state index contributed by atoms with van der Waals surface area (Å²) in [7, 11) is 0. The molecule has 1 aliphatic rings. The fourth-order valence-corrected chi connectivity index (χ4v) is 0.776. The molecule has 3 heteroatoms. The molecule has 0 bridgehead atoms. The van der Waals surface area contributed by atoms with Crippen molar-refractivity contribution < 1.29 is 9.90 Å². The summed E-state index contributed by atoms with van der Waals surface area (Å²) >= 11 is 0. The Kier molecular flexibility index (Phi) is 1.21. The molecule has 0 amide bonds. The minimum absolute atomic E-state index is 0.160. The fourth-order valence-electron chi connectivity index (χ4n) is 0.776. The maximum absolute atomic E-state index is 10.0. The topological polar surface area (TPSA) is 61.1 Å². The van der Waals surface area contributed by atoms with Gasteiger partial charge in [0.1, 0.15) is 0 Å². The summed E-state index contributed by atoms with van der Waals surface area (Å²) in [6, 6.07) is 0. The molecule has 0 heterocycles. The van der Waals surface area contributed by atoms with E-state index in [1.165, 1.54) is 0 Å². The quantitative estimate of drug-likeness (QED) is 0.548. The van der Waals surface area contributed by atoms with Crippen LogP contribution in [-0.4, -0.2) is 17.6 Å². The second-order valence-electron chi connectivity index (χ2n) is 2.14. The molecule has 0 aromatic rings. The van der Waals surface area contributed by atoms with Gasteiger partial charge in [0.2, 0.25) is 0 Å². The fraction of sp³-hybridized carbons (Fsp3) is 0.800. The highest BCUT2D eigenvalue weighted by molar-refractivity contribution is 5.73. The van der Waals surface area contributed by atoms with Gasteiger partial charge in [-0.2, -0.15) is 0 Å². The van der Waals surface area contributed by atoms with Gasteiger partial charge in [-0.25, -0.2) is 0 Å². The van der Waals surface area contributed by atoms with Crippen molar-refractivity contribution in [3.05, 3.63) is 0 Å². The van der Waals surface area contributed by atoms with Crippen LogP contribution in [-0.2, 0) is 4.79 Å². The molecule has 3 nitrogen and oxygen atoms in total. The molecule has 1 radical (unpaired) electrons. The molecule has 2 N–H and O–H groups in total. The highest BCUT2D eigenvalue weighted by atomic mass is 16.4. The Labute approximate surface area is 47.5 Å². The van der Waals surface area contributed by atoms with Gasteiger partial charge in [0.25, 0.3) is 0 Å². The number of carbonyl (C=O) groups is 1. The van der Waals surface area contributed by atoms with Crippen molar-refractivity contribution in [1.29, 1.82) is 0 Å². The molecule has 0 aliphatic heterocycles. The number of hydrogen-bond acceptors (Lipinski definition) is 1. The molecule has 1 aliphatic carbocycles. The monoisotopic (exact) mass is 114 g/mol. The predicted octanol–water partition coefficient (Wildman–Crippen LogP) is -0.0100. The summed E-state index contributed by atoms with van der Waals surface area (Å²) < 4.78 is 0. The van der Waals surface area contributed by atoms with Crippen LogP contribution in [0.3, 0.4) is 0 Å². The van der Waals surface area contributed by atoms with Crippen LogP contribution in [0.5, 0.6) is 0 Å². The Hall–Kier alpha value is -0.570. The number of hydrogen-bond donors (Lipinski definition) is 1. The number of carboxylic acids is 1. The van der Waals surface area contributed by atoms with Gasteiger partial charge in [0.15, 0.2) is 0 Å². The number of rotatable bonds is 2. The third-order valence-corrected chi connectivity index (χ3v) is 1.50. The molecule has 0 aromatic carbocycles. The Morgan fingerprint density at radius 2 is 2.50 bits per heavy atom. The van der Waals surface area contributed by atoms with Gasteiger partial charge in [-0.05, 0) is 12.3 Å². The molecule has 45 valence electrons. The normalized spacial score (nSPS) is 34.6. The van der Waals surface area contributed by atoms with Crippen molar-refractivity contribution in [3.8, 4) is 0 Å². The van der Waals surface area contributed by atoms with Crippen molar-refractivity contribution >= 4 is 5.97 Å². The van der Waals surface area contributed by atoms with Crippen molar-refractivity contribution in [1.82, 2.24) is 5.73 Å². The lowest BCUT2D eigenvalue weighted by atomic mass is 10.3. The summed E-state index contributed by atoms with van der Waals surface area (Å²) in [4.78, 5) is 10.0. The van der Waals surface area contributed by atoms with Crippen LogP contribution < -0.4 is 5.73 Å². The van der Waals surface area contributed by atoms with Crippen molar-refractivity contribution in [3.63, 3.8) is 0 Å². The van der Waals surface area contributed by atoms with Gasteiger partial charge in [-0.15, -0.1) is 0 Å². The third-order valence-electron chi connectivity index (χ3n) is 1.50. The second kappa shape index (κ2) is 1.74. The van der Waals surface area contributed by atoms with Crippen LogP contribution in [0.25, 0.3) is 0 Å². The van der Waals surface area contributed by atoms with Crippen LogP contribution in [0.4, 0.5) is 0 Å². The zero-order valence-electron chi connectivity index (χ0n) is 4.42. The van der Waals surface area contributed by atoms with Crippen molar-refractivity contribution in [2.75, 3.05) is 6.54 Å². The molecule has 2 atom stereocenters. The molecule has 1 saturated carbocycles. The van der Waals surface area contributed by atoms with Crippen molar-refractivity contribution in [2.45, 2.75) is 6.42 Å². The van der Waals surface area contributed by atoms with E-state index in [1.807, 2.05) is 0 Å². The first-order chi connectivity index (χ1) is 3.75. The first-order valence-electron chi connectivity index (χ1n) is 2.63. The average Bonchev–Trinajstić information content (AvgIpc) is 2.42. The van der Waals surface area contributed by atoms with Crippen molar-refractivity contribution in [2.24, 2.45) is 11.8 Å². The first-order valence-corrected chi connectivity index (χ1v) is 2.63. The van der Waals surface area contributed by atoms with E-state index in [-0.39, 0.29) is 18.4 Å². The summed E-state index contributed by atoms with van der Waals surface area (Å²) in [5.74, 6) is -0.762. The highest BCUT2D eigenvalue weighted by Crippen LogP contribution is 2.37. The Bertz CT molecular complexity index is 113. The van der Waals surface area contributed by atoms with Gasteiger partial charge in [0, 0.05) is 6.54 Å². The first kappa shape index (κ1) is 5.56. The number of carboxylic acid groups (broad SMARTS) is 1. The zero-order chi connectivity index (χ0) is 6.15. The van der Waals surface area contributed by atoms with E-state index < -0.39 is 5.97 Å². The summed E-state index contributed by atoms with van der Waals surface area (Å²) in [6.45, 7) is 0.275. The van der Waals surface area contributed by atoms with Crippen LogP contribution in [0.15, 0.2) is 0 Å². The van der Waals surface area contributed by atoms with Gasteiger partial charge >= 0.3 is 5.97 Å². The van der Waals surface area contributed by atoms with Gasteiger partial charge in [-0.3, -0.25) is 10.5 Å². The summed E-state index contributed by atoms with van der Waals surface area (Å²) in [5, 5.41) is 8.27. The molecule has 8 heavy (non-hydrogen) atoms. The average molecular weight is 114 g/mol. The zero-order valence-corrected chi connectivity index (χ0v) is 4.42. The molecule has 1 rings (SSSR count). The molecule has 0 saturated heterocycles. The lowest BCUT2D eigenvalue weighted by Crippen LogP contribution is -2.01. The molecular weight excluding hydrogens is 106 g/mol. The van der Waals surface area contributed by atoms with E-state index >= 15 is 0 Å². The minimum atomic E-state index is -0.734. The number of nitrogens with one attached hydrogen (secondary N) is 1. The SMILES string of the molecule is [NH]CC1CC1C(=O)O. The van der Waals surface area contributed by atoms with Gasteiger partial charge < -0.3 is 5.11 Å². The smallest absolute Gasteiger partial charge is 0.306 e. The predicted molar refractivity (Wildman–Crippen MR) is 27.2 cm³/mol. The second-order valence-corrected chi connectivity index (χ2v) is 2.14. The Morgan fingerprint density at radius 1 is 1.88 bits per heavy atom. The lowest BCUT2D eigenvalue weighted by molar-refractivity contribution is -0.138. The van der Waals surface area contributed by atoms with E-state index in [9.17, 15) is 4.79 Å². The third kappa shape index (κ3) is 0.816. The van der Waals surface area contributed by atoms with Crippen LogP contribution in [0.2, 0.25) is 0 Å². The maximum Gasteiger partial charge on any atom is 0.306 e. The van der Waals surface area contributed by atoms with Crippen LogP contribution in [0.1, 0.15) is 6.42 Å². The van der Waals surface area contributed by atoms with E-state index in [0.29, 0.717) is 0 Å². The van der Waals surface area contributed by atoms with Gasteiger partial charge in [0.05, 0.1) is 5.92 Å². The van der Waals surface area contributed by atoms with E-state index in [2.05, 4.69) is 0 Å². The van der Waals surface area contributed by atoms with Crippen LogP contribution >= 0.6 is 0 Å². The largest absolute Gasteiger partial charge is 0.481 e. The maximum atomic E-state index is 10.0. The highest BCUT2D eigenvalue weighted by Gasteiger charge is 2.41. The standard InChI is InChI=1S/C5H8NO2/c6-2-3-1-4(3)5(7)8/h3-4,6H,1-2H2,(H,7,8). The lowest BCUT2D eigenvalue weighted by Gasteiger charge is -1.84.